The number of amides is 2. The zero-order valence-electron chi connectivity index (χ0n) is 11.0. The highest BCUT2D eigenvalue weighted by Crippen LogP contribution is 2.17. The van der Waals surface area contributed by atoms with Crippen molar-refractivity contribution in [1.29, 1.82) is 0 Å². The molecule has 0 atom stereocenters. The summed E-state index contributed by atoms with van der Waals surface area (Å²) in [6, 6.07) is 7.19. The van der Waals surface area contributed by atoms with Crippen LogP contribution in [0.5, 0.6) is 5.75 Å². The van der Waals surface area contributed by atoms with Crippen molar-refractivity contribution >= 4 is 11.7 Å². The van der Waals surface area contributed by atoms with Gasteiger partial charge in [-0.15, -0.1) is 0 Å². The fourth-order valence-electron chi connectivity index (χ4n) is 1.55. The van der Waals surface area contributed by atoms with Crippen LogP contribution in [0.15, 0.2) is 24.3 Å². The number of benzene rings is 1. The highest BCUT2D eigenvalue weighted by atomic mass is 16.5. The highest BCUT2D eigenvalue weighted by molar-refractivity contribution is 5.89. The third-order valence-electron chi connectivity index (χ3n) is 2.52. The Balaban J connectivity index is 2.63. The smallest absolute Gasteiger partial charge is 0.321 e. The molecule has 0 aliphatic heterocycles. The van der Waals surface area contributed by atoms with E-state index in [9.17, 15) is 4.79 Å². The van der Waals surface area contributed by atoms with Gasteiger partial charge in [0, 0.05) is 31.4 Å². The van der Waals surface area contributed by atoms with Crippen LogP contribution in [0, 0.1) is 0 Å². The van der Waals surface area contributed by atoms with Crippen LogP contribution < -0.4 is 15.8 Å². The Morgan fingerprint density at radius 2 is 2.11 bits per heavy atom. The van der Waals surface area contributed by atoms with Crippen molar-refractivity contribution < 1.29 is 9.53 Å². The Morgan fingerprint density at radius 3 is 2.72 bits per heavy atom. The molecular formula is C13H21N3O2. The lowest BCUT2D eigenvalue weighted by Crippen LogP contribution is -2.34. The predicted octanol–water partition coefficient (Wildman–Crippen LogP) is 1.90. The van der Waals surface area contributed by atoms with Crippen molar-refractivity contribution in [2.75, 3.05) is 31.6 Å². The zero-order valence-corrected chi connectivity index (χ0v) is 11.0. The van der Waals surface area contributed by atoms with Crippen molar-refractivity contribution in [3.05, 3.63) is 24.3 Å². The van der Waals surface area contributed by atoms with Gasteiger partial charge in [0.05, 0.1) is 0 Å². The van der Waals surface area contributed by atoms with Gasteiger partial charge in [0.2, 0.25) is 0 Å². The molecule has 0 radical (unpaired) electrons. The number of carbonyl (C=O) groups is 1. The van der Waals surface area contributed by atoms with Crippen LogP contribution in [0.25, 0.3) is 0 Å². The maximum Gasteiger partial charge on any atom is 0.321 e. The molecule has 0 fully saturated rings. The maximum atomic E-state index is 11.9. The summed E-state index contributed by atoms with van der Waals surface area (Å²) in [7, 11) is 0. The largest absolute Gasteiger partial charge is 0.492 e. The first kappa shape index (κ1) is 14.3. The number of urea groups is 1. The van der Waals surface area contributed by atoms with Gasteiger partial charge in [-0.2, -0.15) is 0 Å². The molecule has 0 spiro atoms. The molecule has 1 rings (SSSR count). The highest BCUT2D eigenvalue weighted by Gasteiger charge is 2.09. The van der Waals surface area contributed by atoms with E-state index in [1.807, 2.05) is 32.0 Å². The molecule has 5 nitrogen and oxygen atoms in total. The van der Waals surface area contributed by atoms with E-state index in [1.165, 1.54) is 0 Å². The number of rotatable bonds is 6. The van der Waals surface area contributed by atoms with Crippen LogP contribution in [0.4, 0.5) is 10.5 Å². The summed E-state index contributed by atoms with van der Waals surface area (Å²) in [4.78, 5) is 13.6. The first-order valence-electron chi connectivity index (χ1n) is 6.20. The monoisotopic (exact) mass is 251 g/mol. The van der Waals surface area contributed by atoms with E-state index < -0.39 is 0 Å². The van der Waals surface area contributed by atoms with Crippen molar-refractivity contribution in [3.63, 3.8) is 0 Å². The first-order valence-corrected chi connectivity index (χ1v) is 6.20. The minimum Gasteiger partial charge on any atom is -0.492 e. The lowest BCUT2D eigenvalue weighted by Gasteiger charge is -2.19. The van der Waals surface area contributed by atoms with Crippen LogP contribution in [-0.2, 0) is 0 Å². The van der Waals surface area contributed by atoms with Crippen molar-refractivity contribution in [2.45, 2.75) is 13.8 Å². The molecule has 2 amide bonds. The molecule has 0 aliphatic rings. The van der Waals surface area contributed by atoms with Gasteiger partial charge in [-0.3, -0.25) is 0 Å². The molecule has 0 bridgehead atoms. The van der Waals surface area contributed by atoms with Gasteiger partial charge in [-0.25, -0.2) is 4.79 Å². The van der Waals surface area contributed by atoms with E-state index in [-0.39, 0.29) is 6.03 Å². The van der Waals surface area contributed by atoms with Crippen LogP contribution in [0.3, 0.4) is 0 Å². The van der Waals surface area contributed by atoms with Crippen LogP contribution >= 0.6 is 0 Å². The number of carbonyl (C=O) groups excluding carboxylic acids is 1. The maximum absolute atomic E-state index is 11.9. The molecule has 5 heteroatoms. The molecule has 0 aliphatic carbocycles. The van der Waals surface area contributed by atoms with E-state index >= 15 is 0 Å². The summed E-state index contributed by atoms with van der Waals surface area (Å²) in [6.45, 7) is 6.20. The van der Waals surface area contributed by atoms with E-state index in [4.69, 9.17) is 10.5 Å². The van der Waals surface area contributed by atoms with Gasteiger partial charge in [0.1, 0.15) is 12.4 Å². The van der Waals surface area contributed by atoms with Crippen molar-refractivity contribution in [3.8, 4) is 5.75 Å². The van der Waals surface area contributed by atoms with E-state index in [1.54, 1.807) is 11.0 Å². The number of hydrogen-bond donors (Lipinski definition) is 2. The Kier molecular flexibility index (Phi) is 6.00. The minimum atomic E-state index is -0.101. The second-order valence-electron chi connectivity index (χ2n) is 3.77. The molecule has 0 saturated heterocycles. The Bertz CT molecular complexity index is 378. The topological polar surface area (TPSA) is 67.6 Å². The fraction of sp³-hybridized carbons (Fsp3) is 0.462. The SMILES string of the molecule is CCN(CC)C(=O)Nc1cccc(OCCN)c1. The summed E-state index contributed by atoms with van der Waals surface area (Å²) < 4.78 is 5.40. The molecule has 1 aromatic carbocycles. The summed E-state index contributed by atoms with van der Waals surface area (Å²) in [5.74, 6) is 0.706. The quantitative estimate of drug-likeness (QED) is 0.811. The average Bonchev–Trinajstić information content (AvgIpc) is 2.38. The van der Waals surface area contributed by atoms with E-state index in [0.29, 0.717) is 32.0 Å². The van der Waals surface area contributed by atoms with Gasteiger partial charge in [-0.1, -0.05) is 6.07 Å². The standard InChI is InChI=1S/C13H21N3O2/c1-3-16(4-2)13(17)15-11-6-5-7-12(10-11)18-9-8-14/h5-7,10H,3-4,8-9,14H2,1-2H3,(H,15,17). The number of nitrogens with zero attached hydrogens (tertiary/aromatic N) is 1. The number of ether oxygens (including phenoxy) is 1. The first-order chi connectivity index (χ1) is 8.71. The molecule has 100 valence electrons. The molecule has 0 heterocycles. The molecule has 0 saturated carbocycles. The second-order valence-corrected chi connectivity index (χ2v) is 3.77. The van der Waals surface area contributed by atoms with Gasteiger partial charge in [0.15, 0.2) is 0 Å². The normalized spacial score (nSPS) is 9.94. The second kappa shape index (κ2) is 7.55. The Labute approximate surface area is 108 Å². The predicted molar refractivity (Wildman–Crippen MR) is 72.9 cm³/mol. The minimum absolute atomic E-state index is 0.101. The van der Waals surface area contributed by atoms with Gasteiger partial charge in [-0.05, 0) is 26.0 Å². The van der Waals surface area contributed by atoms with Crippen molar-refractivity contribution in [2.24, 2.45) is 5.73 Å². The van der Waals surface area contributed by atoms with Gasteiger partial charge in [0.25, 0.3) is 0 Å². The van der Waals surface area contributed by atoms with E-state index in [0.717, 1.165) is 5.69 Å². The van der Waals surface area contributed by atoms with Gasteiger partial charge < -0.3 is 20.7 Å². The van der Waals surface area contributed by atoms with Gasteiger partial charge >= 0.3 is 6.03 Å². The average molecular weight is 251 g/mol. The Hall–Kier alpha value is -1.75. The third kappa shape index (κ3) is 4.25. The number of nitrogens with two attached hydrogens (primary N) is 1. The molecule has 0 aromatic heterocycles. The molecule has 18 heavy (non-hydrogen) atoms. The summed E-state index contributed by atoms with van der Waals surface area (Å²) in [5.41, 5.74) is 6.09. The summed E-state index contributed by atoms with van der Waals surface area (Å²) in [6.07, 6.45) is 0. The fourth-order valence-corrected chi connectivity index (χ4v) is 1.55. The number of anilines is 1. The summed E-state index contributed by atoms with van der Waals surface area (Å²) in [5, 5.41) is 2.84. The molecule has 1 aromatic rings. The Morgan fingerprint density at radius 1 is 1.39 bits per heavy atom. The van der Waals surface area contributed by atoms with Crippen LogP contribution in [0.2, 0.25) is 0 Å². The van der Waals surface area contributed by atoms with Crippen LogP contribution in [0.1, 0.15) is 13.8 Å². The molecule has 0 unspecified atom stereocenters. The van der Waals surface area contributed by atoms with Crippen LogP contribution in [-0.4, -0.2) is 37.2 Å². The van der Waals surface area contributed by atoms with Crippen molar-refractivity contribution in [1.82, 2.24) is 4.90 Å². The number of nitrogens with one attached hydrogen (secondary N) is 1. The lowest BCUT2D eigenvalue weighted by molar-refractivity contribution is 0.217. The summed E-state index contributed by atoms with van der Waals surface area (Å²) >= 11 is 0. The zero-order chi connectivity index (χ0) is 13.4. The lowest BCUT2D eigenvalue weighted by atomic mass is 10.3. The third-order valence-corrected chi connectivity index (χ3v) is 2.52. The molecular weight excluding hydrogens is 230 g/mol. The number of hydrogen-bond acceptors (Lipinski definition) is 3. The van der Waals surface area contributed by atoms with E-state index in [2.05, 4.69) is 5.32 Å². The molecule has 3 N–H and O–H groups in total.